The van der Waals surface area contributed by atoms with Crippen LogP contribution in [0.5, 0.6) is 0 Å². The molecule has 2 heteroatoms. The second kappa shape index (κ2) is 5.27. The highest BCUT2D eigenvalue weighted by Gasteiger charge is 2.58. The van der Waals surface area contributed by atoms with Crippen LogP contribution in [0.3, 0.4) is 0 Å². The number of hydrogen-bond acceptors (Lipinski definition) is 2. The molecule has 3 unspecified atom stereocenters. The largest absolute Gasteiger partial charge is 0.396 e. The Bertz CT molecular complexity index is 437. The van der Waals surface area contributed by atoms with Crippen LogP contribution in [0.2, 0.25) is 0 Å². The van der Waals surface area contributed by atoms with Gasteiger partial charge in [-0.1, -0.05) is 20.8 Å². The summed E-state index contributed by atoms with van der Waals surface area (Å²) in [7, 11) is 0. The van der Waals surface area contributed by atoms with E-state index in [1.165, 1.54) is 32.1 Å². The van der Waals surface area contributed by atoms with E-state index in [9.17, 15) is 10.4 Å². The van der Waals surface area contributed by atoms with Crippen LogP contribution in [0.4, 0.5) is 0 Å². The molecule has 1 N–H and O–H groups in total. The minimum absolute atomic E-state index is 0.288. The van der Waals surface area contributed by atoms with Crippen molar-refractivity contribution in [1.82, 2.24) is 0 Å². The molecule has 3 fully saturated rings. The summed E-state index contributed by atoms with van der Waals surface area (Å²) in [4.78, 5) is 0. The van der Waals surface area contributed by atoms with Gasteiger partial charge in [0.15, 0.2) is 0 Å². The Hall–Kier alpha value is -0.550. The minimum atomic E-state index is 0.288. The zero-order valence-corrected chi connectivity index (χ0v) is 13.9. The van der Waals surface area contributed by atoms with Crippen molar-refractivity contribution in [2.24, 2.45) is 40.4 Å². The number of aliphatic hydroxyl groups excluding tert-OH is 1. The molecular formula is C19H31NO. The van der Waals surface area contributed by atoms with E-state index in [0.29, 0.717) is 23.9 Å². The van der Waals surface area contributed by atoms with E-state index in [4.69, 9.17) is 0 Å². The zero-order chi connectivity index (χ0) is 15.3. The quantitative estimate of drug-likeness (QED) is 0.819. The van der Waals surface area contributed by atoms with Gasteiger partial charge in [-0.15, -0.1) is 0 Å². The molecule has 0 aromatic heterocycles. The van der Waals surface area contributed by atoms with Crippen molar-refractivity contribution >= 4 is 0 Å². The molecule has 3 aliphatic carbocycles. The first-order chi connectivity index (χ1) is 9.95. The van der Waals surface area contributed by atoms with Crippen LogP contribution in [0.1, 0.15) is 65.7 Å². The number of hydrogen-bond donors (Lipinski definition) is 1. The van der Waals surface area contributed by atoms with E-state index >= 15 is 0 Å². The molecule has 3 rings (SSSR count). The molecule has 0 aromatic rings. The Labute approximate surface area is 129 Å². The maximum Gasteiger partial charge on any atom is 0.0661 e. The summed E-state index contributed by atoms with van der Waals surface area (Å²) in [5.41, 5.74) is 0.646. The van der Waals surface area contributed by atoms with Crippen LogP contribution in [0.25, 0.3) is 0 Å². The van der Waals surface area contributed by atoms with Gasteiger partial charge < -0.3 is 5.11 Å². The van der Waals surface area contributed by atoms with E-state index in [0.717, 1.165) is 30.6 Å². The second-order valence-corrected chi connectivity index (χ2v) is 8.79. The van der Waals surface area contributed by atoms with Gasteiger partial charge in [-0.2, -0.15) is 5.26 Å². The Balaban J connectivity index is 1.85. The van der Waals surface area contributed by atoms with Gasteiger partial charge in [0.25, 0.3) is 0 Å². The van der Waals surface area contributed by atoms with Crippen LogP contribution >= 0.6 is 0 Å². The van der Waals surface area contributed by atoms with E-state index in [-0.39, 0.29) is 5.41 Å². The van der Waals surface area contributed by atoms with Crippen LogP contribution in [0.15, 0.2) is 0 Å². The predicted molar refractivity (Wildman–Crippen MR) is 84.4 cm³/mol. The average Bonchev–Trinajstić information content (AvgIpc) is 2.78. The van der Waals surface area contributed by atoms with Crippen molar-refractivity contribution in [1.29, 1.82) is 5.26 Å². The van der Waals surface area contributed by atoms with Crippen LogP contribution in [-0.4, -0.2) is 11.7 Å². The second-order valence-electron chi connectivity index (χ2n) is 8.79. The van der Waals surface area contributed by atoms with Gasteiger partial charge in [-0.3, -0.25) is 0 Å². The topological polar surface area (TPSA) is 44.0 Å². The van der Waals surface area contributed by atoms with Crippen LogP contribution < -0.4 is 0 Å². The third-order valence-electron chi connectivity index (χ3n) is 7.93. The highest BCUT2D eigenvalue weighted by Crippen LogP contribution is 2.65. The van der Waals surface area contributed by atoms with E-state index in [2.05, 4.69) is 26.8 Å². The summed E-state index contributed by atoms with van der Waals surface area (Å²) >= 11 is 0. The van der Waals surface area contributed by atoms with Crippen molar-refractivity contribution in [2.75, 3.05) is 6.61 Å². The number of fused-ring (bicyclic) bond motifs is 3. The zero-order valence-electron chi connectivity index (χ0n) is 13.9. The molecule has 0 aromatic carbocycles. The fourth-order valence-corrected chi connectivity index (χ4v) is 6.57. The molecule has 6 atom stereocenters. The first kappa shape index (κ1) is 15.3. The van der Waals surface area contributed by atoms with Gasteiger partial charge in [0.2, 0.25) is 0 Å². The van der Waals surface area contributed by atoms with Gasteiger partial charge in [0.1, 0.15) is 0 Å². The molecule has 0 amide bonds. The smallest absolute Gasteiger partial charge is 0.0661 e. The molecular weight excluding hydrogens is 258 g/mol. The molecule has 3 aliphatic rings. The summed E-state index contributed by atoms with van der Waals surface area (Å²) in [6.07, 6.45) is 8.52. The number of nitrogens with zero attached hydrogens (tertiary/aromatic N) is 1. The maximum absolute atomic E-state index is 9.50. The first-order valence-corrected chi connectivity index (χ1v) is 8.95. The fourth-order valence-electron chi connectivity index (χ4n) is 6.57. The number of aliphatic hydroxyl groups is 1. The SMILES string of the molecule is CC1(C)C2CC[C@@]3(C)C(CC[C@@H]3C#N)C2CC[C@H]1CCO. The molecule has 0 bridgehead atoms. The lowest BCUT2D eigenvalue weighted by Gasteiger charge is -2.57. The third-order valence-corrected chi connectivity index (χ3v) is 7.93. The third kappa shape index (κ3) is 2.15. The van der Waals surface area contributed by atoms with E-state index in [1.54, 1.807) is 0 Å². The summed E-state index contributed by atoms with van der Waals surface area (Å²) < 4.78 is 0. The van der Waals surface area contributed by atoms with Crippen LogP contribution in [0, 0.1) is 51.8 Å². The monoisotopic (exact) mass is 289 g/mol. The molecule has 0 aliphatic heterocycles. The van der Waals surface area contributed by atoms with Gasteiger partial charge >= 0.3 is 0 Å². The van der Waals surface area contributed by atoms with Gasteiger partial charge in [-0.05, 0) is 79.4 Å². The highest BCUT2D eigenvalue weighted by molar-refractivity contribution is 5.11. The molecule has 0 heterocycles. The minimum Gasteiger partial charge on any atom is -0.396 e. The summed E-state index contributed by atoms with van der Waals surface area (Å²) in [5, 5.41) is 18.9. The van der Waals surface area contributed by atoms with Gasteiger partial charge in [0.05, 0.1) is 12.0 Å². The van der Waals surface area contributed by atoms with Gasteiger partial charge in [0, 0.05) is 6.61 Å². The summed E-state index contributed by atoms with van der Waals surface area (Å²) in [6.45, 7) is 7.64. The van der Waals surface area contributed by atoms with Crippen molar-refractivity contribution in [3.63, 3.8) is 0 Å². The van der Waals surface area contributed by atoms with Crippen molar-refractivity contribution in [3.05, 3.63) is 0 Å². The maximum atomic E-state index is 9.50. The van der Waals surface area contributed by atoms with Gasteiger partial charge in [-0.25, -0.2) is 0 Å². The molecule has 0 spiro atoms. The predicted octanol–water partition coefficient (Wildman–Crippen LogP) is 4.39. The average molecular weight is 289 g/mol. The Morgan fingerprint density at radius 1 is 1.05 bits per heavy atom. The molecule has 118 valence electrons. The number of rotatable bonds is 2. The lowest BCUT2D eigenvalue weighted by atomic mass is 9.47. The lowest BCUT2D eigenvalue weighted by molar-refractivity contribution is -0.0873. The van der Waals surface area contributed by atoms with Crippen LogP contribution in [-0.2, 0) is 0 Å². The first-order valence-electron chi connectivity index (χ1n) is 8.95. The summed E-state index contributed by atoms with van der Waals surface area (Å²) in [5.74, 6) is 3.38. The standard InChI is InChI=1S/C19H31NO/c1-18(2)13(9-11-21)4-6-15-16(18)8-10-19(3)14(12-20)5-7-17(15)19/h13-17,21H,4-11H2,1-3H3/t13-,14+,15?,16?,17?,19+/m0/s1. The van der Waals surface area contributed by atoms with Crippen molar-refractivity contribution in [3.8, 4) is 6.07 Å². The van der Waals surface area contributed by atoms with Crippen molar-refractivity contribution in [2.45, 2.75) is 65.7 Å². The fraction of sp³-hybridized carbons (Fsp3) is 0.947. The Morgan fingerprint density at radius 2 is 1.81 bits per heavy atom. The Kier molecular flexibility index (Phi) is 3.85. The van der Waals surface area contributed by atoms with E-state index < -0.39 is 0 Å². The van der Waals surface area contributed by atoms with E-state index in [1.807, 2.05) is 0 Å². The van der Waals surface area contributed by atoms with Crippen molar-refractivity contribution < 1.29 is 5.11 Å². The molecule has 0 radical (unpaired) electrons. The molecule has 0 saturated heterocycles. The molecule has 21 heavy (non-hydrogen) atoms. The normalized spacial score (nSPS) is 48.2. The highest BCUT2D eigenvalue weighted by atomic mass is 16.3. The Morgan fingerprint density at radius 3 is 2.48 bits per heavy atom. The summed E-state index contributed by atoms with van der Waals surface area (Å²) in [6, 6.07) is 2.62. The molecule has 2 nitrogen and oxygen atoms in total. The number of nitriles is 1. The molecule has 3 saturated carbocycles. The lowest BCUT2D eigenvalue weighted by Crippen LogP contribution is -2.50.